The number of carbonyl (C=O) groups excluding carboxylic acids is 4. The number of piperidine rings is 1. The molecule has 0 unspecified atom stereocenters. The second-order valence-corrected chi connectivity index (χ2v) is 16.7. The first kappa shape index (κ1) is 41.1. The Bertz CT molecular complexity index is 2650. The molecule has 2 atom stereocenters. The van der Waals surface area contributed by atoms with Gasteiger partial charge in [0.15, 0.2) is 23.0 Å². The molecule has 322 valence electrons. The van der Waals surface area contributed by atoms with Crippen LogP contribution in [0.2, 0.25) is 5.02 Å². The number of para-hydroxylation sites is 1. The number of imide groups is 1. The van der Waals surface area contributed by atoms with Crippen LogP contribution in [0.15, 0.2) is 66.7 Å². The fourth-order valence-corrected chi connectivity index (χ4v) is 9.84. The number of amides is 5. The van der Waals surface area contributed by atoms with Gasteiger partial charge in [-0.25, -0.2) is 13.6 Å². The van der Waals surface area contributed by atoms with E-state index >= 15 is 8.78 Å². The second kappa shape index (κ2) is 15.9. The molecule has 14 nitrogen and oxygen atoms in total. The van der Waals surface area contributed by atoms with Gasteiger partial charge in [0.25, 0.3) is 0 Å². The van der Waals surface area contributed by atoms with Crippen LogP contribution in [0.25, 0.3) is 22.0 Å². The van der Waals surface area contributed by atoms with Crippen molar-refractivity contribution in [3.05, 3.63) is 100 Å². The highest BCUT2D eigenvalue weighted by atomic mass is 35.5. The van der Waals surface area contributed by atoms with Crippen LogP contribution in [0, 0.1) is 17.6 Å². The molecule has 62 heavy (non-hydrogen) atoms. The number of urea groups is 1. The van der Waals surface area contributed by atoms with Gasteiger partial charge in [-0.2, -0.15) is 5.10 Å². The number of hydrogen-bond donors (Lipinski definition) is 3. The van der Waals surface area contributed by atoms with Crippen LogP contribution in [-0.2, 0) is 22.2 Å². The van der Waals surface area contributed by atoms with Crippen molar-refractivity contribution in [2.24, 2.45) is 18.7 Å². The molecule has 4 aliphatic rings. The molecule has 0 aliphatic carbocycles. The smallest absolute Gasteiger partial charge is 0.329 e. The molecule has 5 aromatic rings. The largest absolute Gasteiger partial charge is 0.494 e. The summed E-state index contributed by atoms with van der Waals surface area (Å²) < 4.78 is 45.7. The maximum Gasteiger partial charge on any atom is 0.329 e. The van der Waals surface area contributed by atoms with E-state index in [0.717, 1.165) is 22.2 Å². The van der Waals surface area contributed by atoms with E-state index in [1.54, 1.807) is 4.68 Å². The minimum absolute atomic E-state index is 0.0193. The number of nitrogens with two attached hydrogens (primary N) is 1. The van der Waals surface area contributed by atoms with Crippen molar-refractivity contribution in [1.29, 1.82) is 0 Å². The van der Waals surface area contributed by atoms with E-state index in [-0.39, 0.29) is 76.5 Å². The summed E-state index contributed by atoms with van der Waals surface area (Å²) in [5.74, 6) is -3.10. The third kappa shape index (κ3) is 6.76. The van der Waals surface area contributed by atoms with Gasteiger partial charge in [-0.1, -0.05) is 54.9 Å². The Hall–Kier alpha value is -6.26. The number of nitrogens with one attached hydrogen (secondary N) is 2. The van der Waals surface area contributed by atoms with Gasteiger partial charge in [0.1, 0.15) is 11.6 Å². The van der Waals surface area contributed by atoms with Gasteiger partial charge in [0, 0.05) is 92.8 Å². The number of likely N-dealkylation sites (tertiary alicyclic amines) is 1. The Morgan fingerprint density at radius 1 is 1.03 bits per heavy atom. The Labute approximate surface area is 360 Å². The monoisotopic (exact) mass is 866 g/mol. The molecule has 3 saturated heterocycles. The first-order valence-electron chi connectivity index (χ1n) is 20.6. The highest BCUT2D eigenvalue weighted by Crippen LogP contribution is 2.56. The molecule has 1 aromatic heterocycles. The van der Waals surface area contributed by atoms with E-state index in [4.69, 9.17) is 26.8 Å². The Morgan fingerprint density at radius 3 is 2.47 bits per heavy atom. The summed E-state index contributed by atoms with van der Waals surface area (Å²) in [6.07, 6.45) is 1.56. The highest BCUT2D eigenvalue weighted by molar-refractivity contribution is 6.34. The number of carbonyl (C=O) groups is 4. The van der Waals surface area contributed by atoms with E-state index in [1.807, 2.05) is 67.4 Å². The van der Waals surface area contributed by atoms with Crippen LogP contribution in [0.3, 0.4) is 0 Å². The van der Waals surface area contributed by atoms with Crippen LogP contribution in [-0.4, -0.2) is 90.9 Å². The maximum absolute atomic E-state index is 16.2. The lowest BCUT2D eigenvalue weighted by molar-refractivity contribution is -0.137. The lowest BCUT2D eigenvalue weighted by atomic mass is 9.77. The van der Waals surface area contributed by atoms with E-state index in [0.29, 0.717) is 50.4 Å². The topological polar surface area (TPSA) is 164 Å². The molecule has 3 fully saturated rings. The van der Waals surface area contributed by atoms with Crippen molar-refractivity contribution < 1.29 is 37.4 Å². The highest BCUT2D eigenvalue weighted by Gasteiger charge is 2.50. The fraction of sp³-hybridized carbons (Fsp3) is 0.356. The summed E-state index contributed by atoms with van der Waals surface area (Å²) in [4.78, 5) is 56.4. The quantitative estimate of drug-likeness (QED) is 0.157. The summed E-state index contributed by atoms with van der Waals surface area (Å²) in [6, 6.07) is 18.7. The van der Waals surface area contributed by atoms with Gasteiger partial charge in [-0.15, -0.1) is 0 Å². The number of rotatable bonds is 10. The Kier molecular flexibility index (Phi) is 10.5. The molecule has 4 aliphatic heterocycles. The summed E-state index contributed by atoms with van der Waals surface area (Å²) in [5.41, 5.74) is 7.15. The average molecular weight is 867 g/mol. The number of benzene rings is 4. The molecule has 4 N–H and O–H groups in total. The van der Waals surface area contributed by atoms with Gasteiger partial charge in [-0.05, 0) is 42.7 Å². The van der Waals surface area contributed by atoms with Crippen LogP contribution in [0.1, 0.15) is 53.6 Å². The average Bonchev–Trinajstić information content (AvgIpc) is 3.73. The first-order chi connectivity index (χ1) is 29.8. The molecule has 5 amide bonds. The number of aromatic nitrogens is 2. The van der Waals surface area contributed by atoms with Gasteiger partial charge >= 0.3 is 6.03 Å². The molecular formula is C45H45ClF2N8O6. The number of methoxy groups -OCH3 is 1. The second-order valence-electron chi connectivity index (χ2n) is 16.4. The number of fused-ring (bicyclic) bond motifs is 2. The van der Waals surface area contributed by atoms with Crippen molar-refractivity contribution in [1.82, 2.24) is 25.3 Å². The van der Waals surface area contributed by atoms with Crippen LogP contribution in [0.5, 0.6) is 11.5 Å². The lowest BCUT2D eigenvalue weighted by Gasteiger charge is -2.44. The molecule has 4 aromatic carbocycles. The van der Waals surface area contributed by atoms with E-state index in [2.05, 4.69) is 20.6 Å². The SMILES string of the molecule is COc1ccc(C(N)=O)c(-c2c(Cl)c(F)cc3c2[C@H](C)[C@@](CNC2CCN(C(=O)C4CN(c5cccc6c(N7CCC(=O)NC7=O)nn(C)c56)C4)CC2)(c2ccccc2)O3)c1F. The van der Waals surface area contributed by atoms with Gasteiger partial charge in [-0.3, -0.25) is 29.3 Å². The molecule has 0 spiro atoms. The predicted octanol–water partition coefficient (Wildman–Crippen LogP) is 5.83. The zero-order valence-corrected chi connectivity index (χ0v) is 35.1. The molecule has 9 rings (SSSR count). The van der Waals surface area contributed by atoms with Gasteiger partial charge < -0.3 is 30.3 Å². The summed E-state index contributed by atoms with van der Waals surface area (Å²) in [6.45, 7) is 4.63. The minimum atomic E-state index is -1.10. The summed E-state index contributed by atoms with van der Waals surface area (Å²) in [5, 5.41) is 11.1. The van der Waals surface area contributed by atoms with Crippen LogP contribution >= 0.6 is 11.6 Å². The fourth-order valence-electron chi connectivity index (χ4n) is 9.59. The number of nitrogens with zero attached hydrogens (tertiary/aromatic N) is 5. The van der Waals surface area contributed by atoms with Crippen molar-refractivity contribution in [2.45, 2.75) is 43.7 Å². The Balaban J connectivity index is 0.893. The van der Waals surface area contributed by atoms with E-state index in [1.165, 1.54) is 30.2 Å². The first-order valence-corrected chi connectivity index (χ1v) is 21.0. The zero-order chi connectivity index (χ0) is 43.6. The molecule has 0 bridgehead atoms. The standard InChI is InChI=1S/C45H45ClF2N8O6/c1-24-35-33(20-30(47)38(46)37(35)36-28(41(49)58)12-13-32(61-3)39(36)48)62-45(24,26-8-5-4-6-9-26)23-50-27-14-17-54(18-15-27)43(59)25-21-55(22-25)31-11-7-10-29-40(31)53(2)52-42(29)56-19-16-34(57)51-44(56)60/h4-13,20,24-25,27,50H,14-19,21-23H2,1-3H3,(H2,49,58)(H,51,57,60)/t24-,45-/m0/s1. The van der Waals surface area contributed by atoms with Crippen molar-refractivity contribution in [2.75, 3.05) is 56.2 Å². The van der Waals surface area contributed by atoms with Gasteiger partial charge in [0.2, 0.25) is 17.7 Å². The zero-order valence-electron chi connectivity index (χ0n) is 34.3. The van der Waals surface area contributed by atoms with Crippen LogP contribution < -0.4 is 35.6 Å². The minimum Gasteiger partial charge on any atom is -0.494 e. The molecule has 5 heterocycles. The summed E-state index contributed by atoms with van der Waals surface area (Å²) in [7, 11) is 3.11. The van der Waals surface area contributed by atoms with E-state index in [9.17, 15) is 19.2 Å². The number of hydrogen-bond acceptors (Lipinski definition) is 9. The van der Waals surface area contributed by atoms with Crippen molar-refractivity contribution in [3.63, 3.8) is 0 Å². The normalized spacial score (nSPS) is 20.5. The number of halogens is 3. The summed E-state index contributed by atoms with van der Waals surface area (Å²) >= 11 is 6.67. The molecular weight excluding hydrogens is 822 g/mol. The van der Waals surface area contributed by atoms with Crippen molar-refractivity contribution in [3.8, 4) is 22.6 Å². The number of aryl methyl sites for hydroxylation is 1. The predicted molar refractivity (Wildman–Crippen MR) is 229 cm³/mol. The molecule has 0 saturated carbocycles. The lowest BCUT2D eigenvalue weighted by Crippen LogP contribution is -2.57. The third-order valence-electron chi connectivity index (χ3n) is 12.9. The molecule has 17 heteroatoms. The third-order valence-corrected chi connectivity index (χ3v) is 13.3. The van der Waals surface area contributed by atoms with Crippen LogP contribution in [0.4, 0.5) is 25.1 Å². The molecule has 0 radical (unpaired) electrons. The van der Waals surface area contributed by atoms with E-state index < -0.39 is 35.1 Å². The Morgan fingerprint density at radius 2 is 1.77 bits per heavy atom. The maximum atomic E-state index is 16.2. The van der Waals surface area contributed by atoms with Crippen molar-refractivity contribution >= 4 is 57.8 Å². The number of primary amides is 1. The van der Waals surface area contributed by atoms with Gasteiger partial charge in [0.05, 0.1) is 34.8 Å². The number of ether oxygens (including phenoxy) is 2. The number of anilines is 2.